The average Bonchev–Trinajstić information content (AvgIpc) is 2.32. The van der Waals surface area contributed by atoms with Crippen LogP contribution >= 0.6 is 0 Å². The molecule has 3 heteroatoms. The molecule has 0 aromatic heterocycles. The van der Waals surface area contributed by atoms with Gasteiger partial charge in [-0.15, -0.1) is 0 Å². The van der Waals surface area contributed by atoms with Crippen molar-refractivity contribution >= 4 is 0 Å². The maximum absolute atomic E-state index is 13.4. The minimum absolute atomic E-state index is 0.233. The van der Waals surface area contributed by atoms with Gasteiger partial charge in [0.15, 0.2) is 0 Å². The molecule has 1 aliphatic carbocycles. The predicted octanol–water partition coefficient (Wildman–Crippen LogP) is 4.92. The van der Waals surface area contributed by atoms with Crippen LogP contribution in [-0.2, 0) is 4.74 Å². The molecule has 0 spiro atoms. The summed E-state index contributed by atoms with van der Waals surface area (Å²) in [7, 11) is 0. The standard InChI is InChI=1S/C15H24F2O/c1-11-3-6-13(7-4-11)8-10-14-9-5-12(2)15(16,17)18-14/h3,12-14H,4-10H2,1-2H3. The Labute approximate surface area is 109 Å². The summed E-state index contributed by atoms with van der Waals surface area (Å²) in [4.78, 5) is 0. The Morgan fingerprint density at radius 3 is 2.67 bits per heavy atom. The zero-order chi connectivity index (χ0) is 13.2. The summed E-state index contributed by atoms with van der Waals surface area (Å²) in [6.07, 6.45) is 5.84. The van der Waals surface area contributed by atoms with Gasteiger partial charge in [-0.2, -0.15) is 8.78 Å². The second-order valence-electron chi connectivity index (χ2n) is 6.05. The van der Waals surface area contributed by atoms with Crippen molar-refractivity contribution in [3.63, 3.8) is 0 Å². The second-order valence-corrected chi connectivity index (χ2v) is 6.05. The number of hydrogen-bond acceptors (Lipinski definition) is 1. The Bertz CT molecular complexity index is 312. The number of alkyl halides is 2. The van der Waals surface area contributed by atoms with Crippen LogP contribution in [0.5, 0.6) is 0 Å². The van der Waals surface area contributed by atoms with E-state index in [2.05, 4.69) is 13.0 Å². The fourth-order valence-electron chi connectivity index (χ4n) is 2.91. The van der Waals surface area contributed by atoms with Crippen LogP contribution in [-0.4, -0.2) is 12.2 Å². The SMILES string of the molecule is CC1=CCC(CCC2CCC(C)C(F)(F)O2)CC1. The molecule has 1 nitrogen and oxygen atoms in total. The van der Waals surface area contributed by atoms with Gasteiger partial charge in [0, 0.05) is 5.92 Å². The van der Waals surface area contributed by atoms with Gasteiger partial charge in [-0.05, 0) is 57.8 Å². The molecule has 104 valence electrons. The van der Waals surface area contributed by atoms with E-state index in [1.54, 1.807) is 6.92 Å². The van der Waals surface area contributed by atoms with E-state index < -0.39 is 12.0 Å². The molecular weight excluding hydrogens is 234 g/mol. The lowest BCUT2D eigenvalue weighted by atomic mass is 9.85. The molecular formula is C15H24F2O. The summed E-state index contributed by atoms with van der Waals surface area (Å²) in [6.45, 7) is 3.74. The molecule has 0 radical (unpaired) electrons. The van der Waals surface area contributed by atoms with E-state index in [1.807, 2.05) is 0 Å². The highest BCUT2D eigenvalue weighted by atomic mass is 19.3. The third-order valence-electron chi connectivity index (χ3n) is 4.46. The van der Waals surface area contributed by atoms with E-state index in [1.165, 1.54) is 18.4 Å². The lowest BCUT2D eigenvalue weighted by Crippen LogP contribution is -2.39. The summed E-state index contributed by atoms with van der Waals surface area (Å²) in [5.41, 5.74) is 1.47. The van der Waals surface area contributed by atoms with Crippen molar-refractivity contribution in [1.82, 2.24) is 0 Å². The molecule has 0 aromatic rings. The van der Waals surface area contributed by atoms with Crippen molar-refractivity contribution in [3.05, 3.63) is 11.6 Å². The van der Waals surface area contributed by atoms with E-state index in [0.717, 1.165) is 25.7 Å². The first-order valence-corrected chi connectivity index (χ1v) is 7.18. The molecule has 2 aliphatic rings. The number of rotatable bonds is 3. The lowest BCUT2D eigenvalue weighted by Gasteiger charge is -2.35. The zero-order valence-electron chi connectivity index (χ0n) is 11.4. The number of hydrogen-bond donors (Lipinski definition) is 0. The molecule has 0 aromatic carbocycles. The van der Waals surface area contributed by atoms with Gasteiger partial charge in [-0.25, -0.2) is 0 Å². The smallest absolute Gasteiger partial charge is 0.317 e. The first-order valence-electron chi connectivity index (χ1n) is 7.18. The Hall–Kier alpha value is -0.440. The molecule has 18 heavy (non-hydrogen) atoms. The average molecular weight is 258 g/mol. The molecule has 3 atom stereocenters. The first kappa shape index (κ1) is 14.0. The Kier molecular flexibility index (Phi) is 4.41. The third kappa shape index (κ3) is 3.53. The molecule has 0 bridgehead atoms. The summed E-state index contributed by atoms with van der Waals surface area (Å²) in [5, 5.41) is 0. The topological polar surface area (TPSA) is 9.23 Å². The fraction of sp³-hybridized carbons (Fsp3) is 0.867. The Morgan fingerprint density at radius 1 is 1.28 bits per heavy atom. The van der Waals surface area contributed by atoms with Gasteiger partial charge < -0.3 is 4.74 Å². The number of ether oxygens (including phenoxy) is 1. The van der Waals surface area contributed by atoms with Gasteiger partial charge in [0.05, 0.1) is 6.10 Å². The number of halogens is 2. The van der Waals surface area contributed by atoms with Gasteiger partial charge in [-0.1, -0.05) is 18.6 Å². The van der Waals surface area contributed by atoms with Gasteiger partial charge in [-0.3, -0.25) is 0 Å². The third-order valence-corrected chi connectivity index (χ3v) is 4.46. The molecule has 1 fully saturated rings. The largest absolute Gasteiger partial charge is 0.358 e. The van der Waals surface area contributed by atoms with Crippen molar-refractivity contribution < 1.29 is 13.5 Å². The van der Waals surface area contributed by atoms with Crippen molar-refractivity contribution in [2.75, 3.05) is 0 Å². The van der Waals surface area contributed by atoms with Gasteiger partial charge in [0.1, 0.15) is 0 Å². The highest BCUT2D eigenvalue weighted by molar-refractivity contribution is 5.02. The monoisotopic (exact) mass is 258 g/mol. The molecule has 1 heterocycles. The van der Waals surface area contributed by atoms with Crippen LogP contribution in [0.4, 0.5) is 8.78 Å². The number of allylic oxidation sites excluding steroid dienone is 2. The van der Waals surface area contributed by atoms with E-state index in [9.17, 15) is 8.78 Å². The van der Waals surface area contributed by atoms with E-state index in [4.69, 9.17) is 4.74 Å². The molecule has 1 aliphatic heterocycles. The zero-order valence-corrected chi connectivity index (χ0v) is 11.4. The molecule has 0 N–H and O–H groups in total. The molecule has 3 unspecified atom stereocenters. The Morgan fingerprint density at radius 2 is 2.06 bits per heavy atom. The van der Waals surface area contributed by atoms with Gasteiger partial charge >= 0.3 is 6.11 Å². The molecule has 0 saturated carbocycles. The quantitative estimate of drug-likeness (QED) is 0.653. The van der Waals surface area contributed by atoms with E-state index in [0.29, 0.717) is 12.3 Å². The van der Waals surface area contributed by atoms with Crippen LogP contribution in [0, 0.1) is 11.8 Å². The van der Waals surface area contributed by atoms with Gasteiger partial charge in [0.2, 0.25) is 0 Å². The minimum Gasteiger partial charge on any atom is -0.317 e. The van der Waals surface area contributed by atoms with Crippen LogP contribution in [0.3, 0.4) is 0 Å². The van der Waals surface area contributed by atoms with Crippen LogP contribution in [0.2, 0.25) is 0 Å². The second kappa shape index (κ2) is 5.68. The maximum atomic E-state index is 13.4. The summed E-state index contributed by atoms with van der Waals surface area (Å²) < 4.78 is 31.8. The van der Waals surface area contributed by atoms with Crippen molar-refractivity contribution in [1.29, 1.82) is 0 Å². The maximum Gasteiger partial charge on any atom is 0.358 e. The van der Waals surface area contributed by atoms with E-state index in [-0.39, 0.29) is 6.10 Å². The van der Waals surface area contributed by atoms with Crippen molar-refractivity contribution in [2.24, 2.45) is 11.8 Å². The van der Waals surface area contributed by atoms with Crippen molar-refractivity contribution in [2.45, 2.75) is 71.0 Å². The Balaban J connectivity index is 1.74. The van der Waals surface area contributed by atoms with Crippen LogP contribution in [0.15, 0.2) is 11.6 Å². The van der Waals surface area contributed by atoms with Gasteiger partial charge in [0.25, 0.3) is 0 Å². The fourth-order valence-corrected chi connectivity index (χ4v) is 2.91. The van der Waals surface area contributed by atoms with E-state index >= 15 is 0 Å². The summed E-state index contributed by atoms with van der Waals surface area (Å²) in [6, 6.07) is 0. The summed E-state index contributed by atoms with van der Waals surface area (Å²) >= 11 is 0. The van der Waals surface area contributed by atoms with Crippen LogP contribution < -0.4 is 0 Å². The normalized spacial score (nSPS) is 36.2. The minimum atomic E-state index is -2.91. The molecule has 2 rings (SSSR count). The van der Waals surface area contributed by atoms with Crippen LogP contribution in [0.1, 0.15) is 58.8 Å². The highest BCUT2D eigenvalue weighted by Crippen LogP contribution is 2.38. The van der Waals surface area contributed by atoms with Crippen LogP contribution in [0.25, 0.3) is 0 Å². The highest BCUT2D eigenvalue weighted by Gasteiger charge is 2.43. The molecule has 1 saturated heterocycles. The predicted molar refractivity (Wildman–Crippen MR) is 68.6 cm³/mol. The first-order chi connectivity index (χ1) is 8.47. The summed E-state index contributed by atoms with van der Waals surface area (Å²) in [5.74, 6) is 0.0410. The van der Waals surface area contributed by atoms with Crippen molar-refractivity contribution in [3.8, 4) is 0 Å². The lowest BCUT2D eigenvalue weighted by molar-refractivity contribution is -0.311. The molecule has 0 amide bonds.